The third-order valence-corrected chi connectivity index (χ3v) is 3.74. The van der Waals surface area contributed by atoms with Crippen LogP contribution in [0.4, 0.5) is 13.2 Å². The van der Waals surface area contributed by atoms with Crippen molar-refractivity contribution >= 4 is 5.91 Å². The van der Waals surface area contributed by atoms with E-state index in [0.717, 1.165) is 4.68 Å². The average Bonchev–Trinajstić information content (AvgIpc) is 2.88. The molecule has 0 radical (unpaired) electrons. The lowest BCUT2D eigenvalue weighted by atomic mass is 10.1. The van der Waals surface area contributed by atoms with E-state index in [9.17, 15) is 22.8 Å². The first-order chi connectivity index (χ1) is 11.0. The molecule has 0 unspecified atom stereocenters. The molecule has 1 amide bonds. The number of carbonyl (C=O) groups is 1. The summed E-state index contributed by atoms with van der Waals surface area (Å²) in [6, 6.07) is -0.940. The van der Waals surface area contributed by atoms with Crippen LogP contribution in [0, 0.1) is 13.8 Å². The third kappa shape index (κ3) is 3.34. The fourth-order valence-corrected chi connectivity index (χ4v) is 2.37. The number of alkyl halides is 3. The first-order valence-corrected chi connectivity index (χ1v) is 7.06. The maximum absolute atomic E-state index is 13.3. The number of nitrogens with zero attached hydrogens (tertiary/aromatic N) is 3. The normalized spacial score (nSPS) is 13.0. The zero-order chi connectivity index (χ0) is 18.2. The minimum atomic E-state index is -4.70. The Balaban J connectivity index is 2.45. The van der Waals surface area contributed by atoms with Crippen molar-refractivity contribution in [3.8, 4) is 0 Å². The van der Waals surface area contributed by atoms with E-state index in [2.05, 4.69) is 5.10 Å². The van der Waals surface area contributed by atoms with Crippen LogP contribution >= 0.6 is 0 Å². The summed E-state index contributed by atoms with van der Waals surface area (Å²) in [7, 11) is 2.91. The van der Waals surface area contributed by atoms with E-state index in [1.807, 2.05) is 5.32 Å². The Kier molecular flexibility index (Phi) is 4.54. The summed E-state index contributed by atoms with van der Waals surface area (Å²) in [5.41, 5.74) is -0.548. The van der Waals surface area contributed by atoms with Gasteiger partial charge in [-0.25, -0.2) is 4.68 Å². The van der Waals surface area contributed by atoms with Crippen LogP contribution in [0.15, 0.2) is 23.3 Å². The molecule has 0 fully saturated rings. The summed E-state index contributed by atoms with van der Waals surface area (Å²) in [4.78, 5) is 24.5. The maximum atomic E-state index is 13.3. The Hall–Kier alpha value is -2.58. The third-order valence-electron chi connectivity index (χ3n) is 3.74. The quantitative estimate of drug-likeness (QED) is 0.924. The molecule has 0 saturated heterocycles. The molecule has 0 bridgehead atoms. The van der Waals surface area contributed by atoms with Crippen molar-refractivity contribution in [2.24, 2.45) is 14.1 Å². The zero-order valence-corrected chi connectivity index (χ0v) is 13.6. The molecule has 2 aromatic heterocycles. The Morgan fingerprint density at radius 2 is 1.92 bits per heavy atom. The Morgan fingerprint density at radius 3 is 2.42 bits per heavy atom. The summed E-state index contributed by atoms with van der Waals surface area (Å²) in [5, 5.41) is 5.82. The van der Waals surface area contributed by atoms with Gasteiger partial charge >= 0.3 is 6.18 Å². The molecule has 24 heavy (non-hydrogen) atoms. The molecule has 0 spiro atoms. The Morgan fingerprint density at radius 1 is 1.29 bits per heavy atom. The van der Waals surface area contributed by atoms with E-state index < -0.39 is 23.7 Å². The van der Waals surface area contributed by atoms with Crippen molar-refractivity contribution in [1.29, 1.82) is 0 Å². The highest BCUT2D eigenvalue weighted by Gasteiger charge is 2.42. The second kappa shape index (κ2) is 6.14. The van der Waals surface area contributed by atoms with Gasteiger partial charge < -0.3 is 9.88 Å². The molecule has 2 aromatic rings. The topological polar surface area (TPSA) is 68.9 Å². The molecule has 130 valence electrons. The van der Waals surface area contributed by atoms with Crippen molar-refractivity contribution in [1.82, 2.24) is 19.7 Å². The van der Waals surface area contributed by atoms with Gasteiger partial charge in [-0.1, -0.05) is 0 Å². The molecular formula is C15H17F3N4O2. The van der Waals surface area contributed by atoms with Crippen LogP contribution in [0.1, 0.15) is 33.2 Å². The number of nitrogens with one attached hydrogen (secondary N) is 1. The minimum Gasteiger partial charge on any atom is -0.357 e. The molecule has 0 aliphatic rings. The van der Waals surface area contributed by atoms with Gasteiger partial charge in [0.05, 0.1) is 5.69 Å². The number of rotatable bonds is 3. The first kappa shape index (κ1) is 17.8. The monoisotopic (exact) mass is 342 g/mol. The molecule has 2 rings (SSSR count). The SMILES string of the molecule is Cc1nn(C)c(=O)c(C(=O)N[C@@H](c2ccn(C)c2)C(F)(F)F)c1C. The second-order valence-electron chi connectivity index (χ2n) is 5.57. The predicted octanol–water partition coefficient (Wildman–Crippen LogP) is 1.77. The van der Waals surface area contributed by atoms with Crippen molar-refractivity contribution in [3.05, 3.63) is 51.2 Å². The van der Waals surface area contributed by atoms with E-state index in [-0.39, 0.29) is 16.7 Å². The van der Waals surface area contributed by atoms with Gasteiger partial charge in [0.1, 0.15) is 5.56 Å². The van der Waals surface area contributed by atoms with E-state index >= 15 is 0 Å². The summed E-state index contributed by atoms with van der Waals surface area (Å²) in [6.45, 7) is 3.05. The van der Waals surface area contributed by atoms with Gasteiger partial charge in [-0.3, -0.25) is 9.59 Å². The highest BCUT2D eigenvalue weighted by atomic mass is 19.4. The van der Waals surface area contributed by atoms with Crippen LogP contribution < -0.4 is 10.9 Å². The van der Waals surface area contributed by atoms with E-state index in [4.69, 9.17) is 0 Å². The van der Waals surface area contributed by atoms with Crippen molar-refractivity contribution in [3.63, 3.8) is 0 Å². The number of hydrogen-bond acceptors (Lipinski definition) is 3. The van der Waals surface area contributed by atoms with Gasteiger partial charge in [0, 0.05) is 32.1 Å². The maximum Gasteiger partial charge on any atom is 0.412 e. The van der Waals surface area contributed by atoms with Gasteiger partial charge in [-0.15, -0.1) is 0 Å². The van der Waals surface area contributed by atoms with E-state index in [0.29, 0.717) is 5.69 Å². The molecule has 0 aliphatic heterocycles. The van der Waals surface area contributed by atoms with Gasteiger partial charge in [-0.2, -0.15) is 18.3 Å². The van der Waals surface area contributed by atoms with Crippen LogP contribution in [0.2, 0.25) is 0 Å². The molecule has 0 aromatic carbocycles. The number of aryl methyl sites for hydroxylation is 3. The Bertz CT molecular complexity index is 836. The molecule has 0 aliphatic carbocycles. The van der Waals surface area contributed by atoms with Gasteiger partial charge in [-0.05, 0) is 25.5 Å². The van der Waals surface area contributed by atoms with Gasteiger partial charge in [0.25, 0.3) is 11.5 Å². The lowest BCUT2D eigenvalue weighted by molar-refractivity contribution is -0.155. The molecule has 6 nitrogen and oxygen atoms in total. The highest BCUT2D eigenvalue weighted by Crippen LogP contribution is 2.33. The number of carbonyl (C=O) groups excluding carboxylic acids is 1. The zero-order valence-electron chi connectivity index (χ0n) is 13.6. The van der Waals surface area contributed by atoms with Crippen LogP contribution in [0.25, 0.3) is 0 Å². The lowest BCUT2D eigenvalue weighted by Gasteiger charge is -2.21. The van der Waals surface area contributed by atoms with Crippen LogP contribution in [-0.4, -0.2) is 26.4 Å². The highest BCUT2D eigenvalue weighted by molar-refractivity contribution is 5.95. The van der Waals surface area contributed by atoms with Gasteiger partial charge in [0.2, 0.25) is 0 Å². The lowest BCUT2D eigenvalue weighted by Crippen LogP contribution is -2.41. The summed E-state index contributed by atoms with van der Waals surface area (Å²) >= 11 is 0. The smallest absolute Gasteiger partial charge is 0.357 e. The second-order valence-corrected chi connectivity index (χ2v) is 5.57. The summed E-state index contributed by atoms with van der Waals surface area (Å²) in [5.74, 6) is -1.08. The molecule has 0 saturated carbocycles. The Labute approximate surface area is 135 Å². The van der Waals surface area contributed by atoms with Crippen LogP contribution in [-0.2, 0) is 14.1 Å². The van der Waals surface area contributed by atoms with Crippen molar-refractivity contribution in [2.75, 3.05) is 0 Å². The minimum absolute atomic E-state index is 0.112. The van der Waals surface area contributed by atoms with Crippen molar-refractivity contribution in [2.45, 2.75) is 26.1 Å². The van der Waals surface area contributed by atoms with E-state index in [1.165, 1.54) is 37.0 Å². The standard InChI is InChI=1S/C15H17F3N4O2/c1-8-9(2)20-22(4)14(24)11(8)13(23)19-12(15(16,17)18)10-5-6-21(3)7-10/h5-7,12H,1-4H3,(H,19,23)/t12-/m0/s1. The van der Waals surface area contributed by atoms with Crippen molar-refractivity contribution < 1.29 is 18.0 Å². The van der Waals surface area contributed by atoms with E-state index in [1.54, 1.807) is 14.0 Å². The number of aromatic nitrogens is 3. The summed E-state index contributed by atoms with van der Waals surface area (Å²) < 4.78 is 42.4. The van der Waals surface area contributed by atoms with Crippen LogP contribution in [0.5, 0.6) is 0 Å². The van der Waals surface area contributed by atoms with Gasteiger partial charge in [0.15, 0.2) is 6.04 Å². The molecule has 9 heteroatoms. The molecule has 1 N–H and O–H groups in total. The molecular weight excluding hydrogens is 325 g/mol. The molecule has 2 heterocycles. The largest absolute Gasteiger partial charge is 0.412 e. The first-order valence-electron chi connectivity index (χ1n) is 7.06. The predicted molar refractivity (Wildman–Crippen MR) is 80.6 cm³/mol. The van der Waals surface area contributed by atoms with Crippen LogP contribution in [0.3, 0.4) is 0 Å². The molecule has 1 atom stereocenters. The number of hydrogen-bond donors (Lipinski definition) is 1. The summed E-state index contributed by atoms with van der Waals surface area (Å²) in [6.07, 6.45) is -1.99. The average molecular weight is 342 g/mol. The fourth-order valence-electron chi connectivity index (χ4n) is 2.37. The fraction of sp³-hybridized carbons (Fsp3) is 0.400. The number of amides is 1. The number of halogens is 3.